The summed E-state index contributed by atoms with van der Waals surface area (Å²) in [4.78, 5) is 62.8. The number of allylic oxidation sites excluding steroid dienone is 1. The van der Waals surface area contributed by atoms with Gasteiger partial charge in [-0.3, -0.25) is 9.59 Å². The Bertz CT molecular complexity index is 1390. The highest BCUT2D eigenvalue weighted by molar-refractivity contribution is 5.93. The molecule has 0 unspecified atom stereocenters. The molecule has 0 radical (unpaired) electrons. The molecule has 10 atom stereocenters. The Balaban J connectivity index is 1.97. The van der Waals surface area contributed by atoms with Crippen LogP contribution in [-0.2, 0) is 49.3 Å². The minimum absolute atomic E-state index is 0.0665. The second-order valence-electron chi connectivity index (χ2n) is 12.9. The topological polar surface area (TPSA) is 203 Å². The lowest BCUT2D eigenvalue weighted by molar-refractivity contribution is -0.342. The number of aliphatic hydroxyl groups excluding tert-OH is 1. The zero-order valence-corrected chi connectivity index (χ0v) is 27.9. The molecule has 2 aliphatic heterocycles. The van der Waals surface area contributed by atoms with Gasteiger partial charge < -0.3 is 39.4 Å². The van der Waals surface area contributed by atoms with E-state index in [9.17, 15) is 44.4 Å². The number of carbonyl (C=O) groups excluding carboxylic acids is 2. The van der Waals surface area contributed by atoms with Crippen molar-refractivity contribution in [3.05, 3.63) is 60.2 Å². The van der Waals surface area contributed by atoms with Crippen molar-refractivity contribution in [2.24, 2.45) is 23.7 Å². The highest BCUT2D eigenvalue weighted by Crippen LogP contribution is 2.54. The number of hydrogen-bond donors (Lipinski definition) is 4. The first-order chi connectivity index (χ1) is 22.5. The minimum Gasteiger partial charge on any atom is -0.481 e. The maximum Gasteiger partial charge on any atom is 0.341 e. The van der Waals surface area contributed by atoms with Crippen LogP contribution in [0.1, 0.15) is 65.9 Å². The fourth-order valence-electron chi connectivity index (χ4n) is 6.56. The molecular formula is C35H46O13. The third kappa shape index (κ3) is 8.31. The van der Waals surface area contributed by atoms with Crippen LogP contribution in [0.3, 0.4) is 0 Å². The van der Waals surface area contributed by atoms with Gasteiger partial charge in [0.1, 0.15) is 18.1 Å². The number of carboxylic acid groups (broad SMARTS) is 3. The number of esters is 2. The van der Waals surface area contributed by atoms with Crippen LogP contribution >= 0.6 is 0 Å². The molecule has 264 valence electrons. The summed E-state index contributed by atoms with van der Waals surface area (Å²) in [7, 11) is 0. The maximum atomic E-state index is 13.0. The molecule has 2 fully saturated rings. The van der Waals surface area contributed by atoms with Gasteiger partial charge in [-0.25, -0.2) is 14.4 Å². The van der Waals surface area contributed by atoms with Gasteiger partial charge in [-0.1, -0.05) is 77.1 Å². The van der Waals surface area contributed by atoms with Crippen LogP contribution in [0.25, 0.3) is 0 Å². The van der Waals surface area contributed by atoms with Crippen LogP contribution in [0.15, 0.2) is 54.6 Å². The van der Waals surface area contributed by atoms with E-state index in [0.29, 0.717) is 17.9 Å². The molecule has 13 heteroatoms. The molecule has 3 rings (SSSR count). The predicted octanol–water partition coefficient (Wildman–Crippen LogP) is 3.77. The van der Waals surface area contributed by atoms with Crippen molar-refractivity contribution in [1.82, 2.24) is 0 Å². The van der Waals surface area contributed by atoms with E-state index in [1.807, 2.05) is 58.0 Å². The summed E-state index contributed by atoms with van der Waals surface area (Å²) < 4.78 is 22.5. The summed E-state index contributed by atoms with van der Waals surface area (Å²) in [6.07, 6.45) is -3.35. The van der Waals surface area contributed by atoms with Crippen LogP contribution in [0.5, 0.6) is 0 Å². The van der Waals surface area contributed by atoms with Crippen molar-refractivity contribution in [2.45, 2.75) is 103 Å². The normalized spacial score (nSPS) is 29.0. The number of fused-ring (bicyclic) bond motifs is 2. The molecule has 1 aromatic carbocycles. The number of rotatable bonds is 17. The zero-order chi connectivity index (χ0) is 36.0. The summed E-state index contributed by atoms with van der Waals surface area (Å²) in [6.45, 7) is 13.1. The molecule has 2 saturated heterocycles. The quantitative estimate of drug-likeness (QED) is 0.106. The summed E-state index contributed by atoms with van der Waals surface area (Å²) in [5.41, 5.74) is -1.77. The van der Waals surface area contributed by atoms with E-state index in [-0.39, 0.29) is 18.3 Å². The van der Waals surface area contributed by atoms with E-state index in [0.717, 1.165) is 24.5 Å². The van der Waals surface area contributed by atoms with Crippen LogP contribution in [-0.4, -0.2) is 86.1 Å². The van der Waals surface area contributed by atoms with Gasteiger partial charge >= 0.3 is 29.8 Å². The van der Waals surface area contributed by atoms with E-state index in [2.05, 4.69) is 6.58 Å². The van der Waals surface area contributed by atoms with E-state index < -0.39 is 78.0 Å². The van der Waals surface area contributed by atoms with Gasteiger partial charge in [0.05, 0.1) is 0 Å². The fourth-order valence-corrected chi connectivity index (χ4v) is 6.56. The van der Waals surface area contributed by atoms with Crippen molar-refractivity contribution >= 4 is 29.8 Å². The van der Waals surface area contributed by atoms with Crippen molar-refractivity contribution in [1.29, 1.82) is 0 Å². The molecule has 0 aliphatic carbocycles. The van der Waals surface area contributed by atoms with Gasteiger partial charge in [0.15, 0.2) is 12.2 Å². The SMILES string of the molecule is C=C(CC[C@@]12O[C@H](C(=O)O)[C@@H](C(=O)O)[C@@](C(=O)O)(O1)[C@H](OC(=O)/C=C/[C@@H](C)C[C@@H](C)CC)[C@H]2O)[C@@H](OC(C)=O)[C@H](C)Cc1ccccc1. The Morgan fingerprint density at radius 2 is 1.69 bits per heavy atom. The number of hydrogen-bond acceptors (Lipinski definition) is 10. The number of ether oxygens (including phenoxy) is 4. The molecule has 0 saturated carbocycles. The average molecular weight is 675 g/mol. The molecule has 1 aromatic rings. The van der Waals surface area contributed by atoms with E-state index in [1.54, 1.807) is 6.08 Å². The summed E-state index contributed by atoms with van der Waals surface area (Å²) in [5, 5.41) is 42.1. The Kier molecular flexibility index (Phi) is 12.7. The van der Waals surface area contributed by atoms with Crippen LogP contribution < -0.4 is 0 Å². The first-order valence-corrected chi connectivity index (χ1v) is 16.0. The van der Waals surface area contributed by atoms with E-state index in [1.165, 1.54) is 6.92 Å². The number of carboxylic acids is 3. The molecule has 0 amide bonds. The third-order valence-electron chi connectivity index (χ3n) is 9.12. The molecule has 4 N–H and O–H groups in total. The summed E-state index contributed by atoms with van der Waals surface area (Å²) >= 11 is 0. The Hall–Kier alpha value is -4.07. The van der Waals surface area contributed by atoms with Gasteiger partial charge in [-0.2, -0.15) is 0 Å². The lowest BCUT2D eigenvalue weighted by Crippen LogP contribution is -2.66. The van der Waals surface area contributed by atoms with E-state index >= 15 is 0 Å². The van der Waals surface area contributed by atoms with Gasteiger partial charge in [-0.05, 0) is 42.2 Å². The predicted molar refractivity (Wildman–Crippen MR) is 169 cm³/mol. The molecule has 2 bridgehead atoms. The van der Waals surface area contributed by atoms with Crippen molar-refractivity contribution in [2.75, 3.05) is 0 Å². The summed E-state index contributed by atoms with van der Waals surface area (Å²) in [5.74, 6) is -12.3. The number of aliphatic hydroxyl groups is 1. The average Bonchev–Trinajstić information content (AvgIpc) is 3.20. The highest BCUT2D eigenvalue weighted by Gasteiger charge is 2.79. The third-order valence-corrected chi connectivity index (χ3v) is 9.12. The molecule has 2 heterocycles. The molecular weight excluding hydrogens is 628 g/mol. The Morgan fingerprint density at radius 3 is 2.23 bits per heavy atom. The molecule has 0 aromatic heterocycles. The Morgan fingerprint density at radius 1 is 1.04 bits per heavy atom. The van der Waals surface area contributed by atoms with Crippen LogP contribution in [0.4, 0.5) is 0 Å². The largest absolute Gasteiger partial charge is 0.481 e. The number of benzene rings is 1. The standard InChI is InChI=1S/C35H46O13/c1-7-19(2)17-20(3)13-14-25(37)46-30-29(38)34(47-28(32(41)42)26(31(39)40)35(30,48-34)33(43)44)16-15-21(4)27(45-23(6)36)22(5)18-24-11-9-8-10-12-24/h8-14,19-20,22,26-30,38H,4,7,15-18H2,1-3,5-6H3,(H,39,40)(H,41,42)(H,43,44)/b14-13+/t19-,20+,22+,26-,27+,28-,29+,30+,34+,35+/m0/s1. The fraction of sp³-hybridized carbons (Fsp3) is 0.571. The second kappa shape index (κ2) is 15.9. The van der Waals surface area contributed by atoms with Crippen LogP contribution in [0.2, 0.25) is 0 Å². The first-order valence-electron chi connectivity index (χ1n) is 16.0. The number of aliphatic carboxylic acids is 3. The molecule has 13 nitrogen and oxygen atoms in total. The lowest BCUT2D eigenvalue weighted by Gasteiger charge is -2.44. The molecule has 48 heavy (non-hydrogen) atoms. The molecule has 2 aliphatic rings. The first kappa shape index (κ1) is 38.4. The van der Waals surface area contributed by atoms with Crippen molar-refractivity contribution in [3.8, 4) is 0 Å². The summed E-state index contributed by atoms with van der Waals surface area (Å²) in [6, 6.07) is 9.39. The smallest absolute Gasteiger partial charge is 0.341 e. The zero-order valence-electron chi connectivity index (χ0n) is 27.9. The Labute approximate surface area is 279 Å². The maximum absolute atomic E-state index is 13.0. The van der Waals surface area contributed by atoms with Gasteiger partial charge in [0.25, 0.3) is 0 Å². The van der Waals surface area contributed by atoms with Crippen molar-refractivity contribution < 1.29 is 63.3 Å². The van der Waals surface area contributed by atoms with E-state index in [4.69, 9.17) is 18.9 Å². The molecule has 0 spiro atoms. The van der Waals surface area contributed by atoms with Gasteiger partial charge in [0.2, 0.25) is 11.4 Å². The minimum atomic E-state index is -3.05. The highest BCUT2D eigenvalue weighted by atomic mass is 16.8. The van der Waals surface area contributed by atoms with Crippen molar-refractivity contribution in [3.63, 3.8) is 0 Å². The van der Waals surface area contributed by atoms with Gasteiger partial charge in [-0.15, -0.1) is 0 Å². The monoisotopic (exact) mass is 674 g/mol. The number of carbonyl (C=O) groups is 5. The van der Waals surface area contributed by atoms with Crippen LogP contribution in [0, 0.1) is 23.7 Å². The second-order valence-corrected chi connectivity index (χ2v) is 12.9. The lowest BCUT2D eigenvalue weighted by atomic mass is 9.78. The van der Waals surface area contributed by atoms with Gasteiger partial charge in [0, 0.05) is 25.3 Å².